The van der Waals surface area contributed by atoms with Gasteiger partial charge in [-0.05, 0) is 33.8 Å². The number of nitrogens with one attached hydrogen (secondary N) is 1. The molecule has 1 saturated heterocycles. The second-order valence-electron chi connectivity index (χ2n) is 9.78. The molecule has 42 heavy (non-hydrogen) atoms. The van der Waals surface area contributed by atoms with Crippen LogP contribution in [-0.2, 0) is 14.3 Å². The molecule has 2 N–H and O–H groups in total. The third kappa shape index (κ3) is 6.58. The van der Waals surface area contributed by atoms with E-state index in [4.69, 9.17) is 21.3 Å². The first-order chi connectivity index (χ1) is 20.1. The van der Waals surface area contributed by atoms with E-state index in [2.05, 4.69) is 10.3 Å². The number of nitrogens with zero attached hydrogens (tertiary/aromatic N) is 5. The first kappa shape index (κ1) is 31.4. The Bertz CT molecular complexity index is 1410. The van der Waals surface area contributed by atoms with Crippen LogP contribution in [0.1, 0.15) is 43.1 Å². The lowest BCUT2D eigenvalue weighted by molar-refractivity contribution is -0.145. The second kappa shape index (κ2) is 13.6. The summed E-state index contributed by atoms with van der Waals surface area (Å²) in [5.74, 6) is -2.12. The molecule has 1 aromatic heterocycles. The molecular weight excluding hydrogens is 587 g/mol. The van der Waals surface area contributed by atoms with E-state index in [1.807, 2.05) is 26.2 Å². The van der Waals surface area contributed by atoms with Gasteiger partial charge in [-0.3, -0.25) is 14.7 Å². The number of benzene rings is 1. The summed E-state index contributed by atoms with van der Waals surface area (Å²) >= 11 is 7.73. The van der Waals surface area contributed by atoms with E-state index in [1.165, 1.54) is 28.4 Å². The summed E-state index contributed by atoms with van der Waals surface area (Å²) in [6.07, 6.45) is 0. The number of carbonyl (C=O) groups excluding carboxylic acids is 2. The summed E-state index contributed by atoms with van der Waals surface area (Å²) in [5, 5.41) is 15.6. The number of carboxylic acid groups (broad SMARTS) is 1. The lowest BCUT2D eigenvalue weighted by Gasteiger charge is -2.41. The minimum absolute atomic E-state index is 0.00870. The SMILES string of the molecule is CCOC(=O)C1=C(CN2CCN(C(=O)N(CC)CC)C[C@H]2C(=O)O)NC(c2nc(C)cs2)=N[C@H]1c1cccc(F)c1Cl. The van der Waals surface area contributed by atoms with Crippen molar-refractivity contribution in [2.45, 2.75) is 39.8 Å². The van der Waals surface area contributed by atoms with Crippen LogP contribution in [0.5, 0.6) is 0 Å². The highest BCUT2D eigenvalue weighted by molar-refractivity contribution is 7.11. The largest absolute Gasteiger partial charge is 0.480 e. The van der Waals surface area contributed by atoms with Gasteiger partial charge in [0, 0.05) is 61.6 Å². The van der Waals surface area contributed by atoms with Crippen LogP contribution in [0.2, 0.25) is 5.02 Å². The zero-order valence-electron chi connectivity index (χ0n) is 23.9. The number of amidine groups is 1. The number of halogens is 2. The molecule has 2 aliphatic rings. The molecule has 2 aromatic rings. The van der Waals surface area contributed by atoms with Gasteiger partial charge in [0.05, 0.1) is 17.2 Å². The van der Waals surface area contributed by atoms with Crippen LogP contribution in [0.4, 0.5) is 9.18 Å². The number of carbonyl (C=O) groups is 3. The zero-order valence-corrected chi connectivity index (χ0v) is 25.5. The fourth-order valence-corrected chi connectivity index (χ4v) is 5.99. The van der Waals surface area contributed by atoms with Crippen molar-refractivity contribution in [3.05, 3.63) is 62.0 Å². The van der Waals surface area contributed by atoms with Crippen LogP contribution in [0.15, 0.2) is 39.8 Å². The number of aliphatic carboxylic acids is 1. The number of aryl methyl sites for hydroxylation is 1. The summed E-state index contributed by atoms with van der Waals surface area (Å²) in [6, 6.07) is 1.98. The summed E-state index contributed by atoms with van der Waals surface area (Å²) < 4.78 is 20.0. The average Bonchev–Trinajstić information content (AvgIpc) is 3.41. The van der Waals surface area contributed by atoms with Crippen LogP contribution < -0.4 is 5.32 Å². The highest BCUT2D eigenvalue weighted by Crippen LogP contribution is 2.37. The van der Waals surface area contributed by atoms with Crippen LogP contribution in [0.25, 0.3) is 0 Å². The summed E-state index contributed by atoms with van der Waals surface area (Å²) in [7, 11) is 0. The van der Waals surface area contributed by atoms with Gasteiger partial charge in [0.15, 0.2) is 10.8 Å². The normalized spacial score (nSPS) is 19.3. The summed E-state index contributed by atoms with van der Waals surface area (Å²) in [6.45, 7) is 8.83. The van der Waals surface area contributed by atoms with Gasteiger partial charge in [-0.25, -0.2) is 19.0 Å². The predicted molar refractivity (Wildman–Crippen MR) is 157 cm³/mol. The minimum Gasteiger partial charge on any atom is -0.480 e. The van der Waals surface area contributed by atoms with E-state index in [0.717, 1.165) is 5.69 Å². The van der Waals surface area contributed by atoms with Crippen molar-refractivity contribution in [2.75, 3.05) is 45.9 Å². The lowest BCUT2D eigenvalue weighted by atomic mass is 9.94. The maximum absolute atomic E-state index is 14.6. The minimum atomic E-state index is -1.10. The van der Waals surface area contributed by atoms with Crippen molar-refractivity contribution in [3.63, 3.8) is 0 Å². The highest BCUT2D eigenvalue weighted by Gasteiger charge is 2.39. The average molecular weight is 621 g/mol. The fourth-order valence-electron chi connectivity index (χ4n) is 5.01. The number of aromatic nitrogens is 1. The molecule has 0 radical (unpaired) electrons. The van der Waals surface area contributed by atoms with Gasteiger partial charge in [0.2, 0.25) is 0 Å². The van der Waals surface area contributed by atoms with E-state index < -0.39 is 29.8 Å². The molecule has 226 valence electrons. The first-order valence-corrected chi connectivity index (χ1v) is 15.0. The fraction of sp³-hybridized carbons (Fsp3) is 0.464. The molecule has 0 aliphatic carbocycles. The molecule has 0 unspecified atom stereocenters. The Morgan fingerprint density at radius 2 is 1.98 bits per heavy atom. The molecule has 0 saturated carbocycles. The van der Waals surface area contributed by atoms with Crippen LogP contribution in [0, 0.1) is 12.7 Å². The molecule has 1 aromatic carbocycles. The maximum atomic E-state index is 14.6. The number of piperazine rings is 1. The van der Waals surface area contributed by atoms with Gasteiger partial charge in [-0.2, -0.15) is 0 Å². The highest BCUT2D eigenvalue weighted by atomic mass is 35.5. The summed E-state index contributed by atoms with van der Waals surface area (Å²) in [5.41, 5.74) is 1.45. The third-order valence-electron chi connectivity index (χ3n) is 7.16. The molecule has 2 aliphatic heterocycles. The van der Waals surface area contributed by atoms with E-state index in [0.29, 0.717) is 36.2 Å². The Morgan fingerprint density at radius 3 is 2.60 bits per heavy atom. The number of hydrogen-bond donors (Lipinski definition) is 2. The Hall–Kier alpha value is -3.55. The number of thiazole rings is 1. The van der Waals surface area contributed by atoms with Crippen molar-refractivity contribution in [3.8, 4) is 0 Å². The van der Waals surface area contributed by atoms with Gasteiger partial charge in [0.25, 0.3) is 0 Å². The summed E-state index contributed by atoms with van der Waals surface area (Å²) in [4.78, 5) is 53.0. The van der Waals surface area contributed by atoms with Crippen molar-refractivity contribution < 1.29 is 28.6 Å². The number of aliphatic imine (C=N–C) groups is 1. The molecule has 4 rings (SSSR count). The van der Waals surface area contributed by atoms with Crippen molar-refractivity contribution in [1.29, 1.82) is 0 Å². The zero-order chi connectivity index (χ0) is 30.6. The van der Waals surface area contributed by atoms with Crippen molar-refractivity contribution >= 4 is 46.7 Å². The smallest absolute Gasteiger partial charge is 0.338 e. The maximum Gasteiger partial charge on any atom is 0.338 e. The van der Waals surface area contributed by atoms with E-state index in [-0.39, 0.29) is 48.4 Å². The van der Waals surface area contributed by atoms with Crippen molar-refractivity contribution in [2.24, 2.45) is 4.99 Å². The first-order valence-electron chi connectivity index (χ1n) is 13.7. The molecule has 14 heteroatoms. The number of ether oxygens (including phenoxy) is 1. The van der Waals surface area contributed by atoms with E-state index in [9.17, 15) is 23.9 Å². The van der Waals surface area contributed by atoms with Gasteiger partial charge >= 0.3 is 18.0 Å². The van der Waals surface area contributed by atoms with E-state index >= 15 is 0 Å². The van der Waals surface area contributed by atoms with Gasteiger partial charge in [-0.1, -0.05) is 23.7 Å². The number of carboxylic acids is 1. The Balaban J connectivity index is 1.77. The number of urea groups is 1. The van der Waals surface area contributed by atoms with Crippen LogP contribution in [0.3, 0.4) is 0 Å². The number of amides is 2. The molecule has 0 bridgehead atoms. The standard InChI is InChI=1S/C28H34ClFN6O5S/c1-5-34(6-2)28(40)36-12-11-35(20(14-36)26(37)38)13-19-21(27(39)41-7-3)23(17-9-8-10-18(30)22(17)29)33-24(32-19)25-31-16(4)15-42-25/h8-10,15,20,23H,5-7,11-14H2,1-4H3,(H,32,33)(H,37,38)/t20-,23-/m0/s1. The lowest BCUT2D eigenvalue weighted by Crippen LogP contribution is -2.60. The molecule has 2 atom stereocenters. The van der Waals surface area contributed by atoms with Crippen LogP contribution in [-0.4, -0.2) is 101 Å². The van der Waals surface area contributed by atoms with Crippen LogP contribution >= 0.6 is 22.9 Å². The van der Waals surface area contributed by atoms with E-state index in [1.54, 1.807) is 22.8 Å². The van der Waals surface area contributed by atoms with Gasteiger partial charge in [-0.15, -0.1) is 11.3 Å². The molecule has 1 fully saturated rings. The Kier molecular flexibility index (Phi) is 10.2. The Labute approximate surface area is 252 Å². The second-order valence-corrected chi connectivity index (χ2v) is 11.0. The predicted octanol–water partition coefficient (Wildman–Crippen LogP) is 3.68. The molecule has 11 nitrogen and oxygen atoms in total. The molecule has 0 spiro atoms. The monoisotopic (exact) mass is 620 g/mol. The topological polar surface area (TPSA) is 128 Å². The Morgan fingerprint density at radius 1 is 1.24 bits per heavy atom. The van der Waals surface area contributed by atoms with Gasteiger partial charge in [0.1, 0.15) is 17.9 Å². The third-order valence-corrected chi connectivity index (χ3v) is 8.53. The van der Waals surface area contributed by atoms with Crippen molar-refractivity contribution in [1.82, 2.24) is 25.0 Å². The number of hydrogen-bond acceptors (Lipinski definition) is 9. The van der Waals surface area contributed by atoms with Gasteiger partial charge < -0.3 is 25.0 Å². The quantitative estimate of drug-likeness (QED) is 0.407. The molecular formula is C28H34ClFN6O5S. The number of esters is 1. The number of rotatable bonds is 9. The molecule has 2 amide bonds. The molecule has 3 heterocycles.